The molecule has 0 saturated carbocycles. The van der Waals surface area contributed by atoms with Crippen molar-refractivity contribution in [3.05, 3.63) is 55.4 Å². The Morgan fingerprint density at radius 1 is 1.12 bits per heavy atom. The van der Waals surface area contributed by atoms with E-state index in [1.54, 1.807) is 35.5 Å². The number of rotatable bonds is 7. The third-order valence-corrected chi connectivity index (χ3v) is 3.27. The van der Waals surface area contributed by atoms with Gasteiger partial charge in [0, 0.05) is 19.3 Å². The molecule has 0 atom stereocenters. The molecule has 3 rings (SSSR count). The van der Waals surface area contributed by atoms with Crippen LogP contribution in [0.15, 0.2) is 55.4 Å². The number of urea groups is 1. The minimum atomic E-state index is -0.270. The topological polar surface area (TPSA) is 110 Å². The van der Waals surface area contributed by atoms with Gasteiger partial charge in [0.05, 0.1) is 11.9 Å². The van der Waals surface area contributed by atoms with Crippen LogP contribution in [-0.2, 0) is 0 Å². The van der Waals surface area contributed by atoms with Gasteiger partial charge in [-0.25, -0.2) is 24.4 Å². The number of nitrogens with zero attached hydrogens (tertiary/aromatic N) is 5. The van der Waals surface area contributed by atoms with Gasteiger partial charge in [0.2, 0.25) is 0 Å². The van der Waals surface area contributed by atoms with Gasteiger partial charge >= 0.3 is 6.03 Å². The number of carbonyl (C=O) groups is 1. The molecule has 0 aliphatic carbocycles. The predicted molar refractivity (Wildman–Crippen MR) is 93.5 cm³/mol. The first kappa shape index (κ1) is 16.4. The van der Waals surface area contributed by atoms with E-state index >= 15 is 0 Å². The summed E-state index contributed by atoms with van der Waals surface area (Å²) in [6.45, 7) is 1.28. The zero-order valence-electron chi connectivity index (χ0n) is 13.5. The average molecular weight is 338 g/mol. The van der Waals surface area contributed by atoms with Crippen LogP contribution in [0, 0.1) is 0 Å². The fourth-order valence-corrected chi connectivity index (χ4v) is 2.07. The third-order valence-electron chi connectivity index (χ3n) is 3.27. The molecule has 9 nitrogen and oxygen atoms in total. The molecule has 0 radical (unpaired) electrons. The van der Waals surface area contributed by atoms with Gasteiger partial charge in [0.1, 0.15) is 18.5 Å². The summed E-state index contributed by atoms with van der Waals surface area (Å²) in [5.41, 5.74) is 0.605. The number of anilines is 2. The summed E-state index contributed by atoms with van der Waals surface area (Å²) >= 11 is 0. The van der Waals surface area contributed by atoms with E-state index in [4.69, 9.17) is 0 Å². The Labute approximate surface area is 144 Å². The molecule has 3 aromatic heterocycles. The zero-order valence-corrected chi connectivity index (χ0v) is 13.5. The van der Waals surface area contributed by atoms with Crippen LogP contribution in [-0.4, -0.2) is 43.9 Å². The molecule has 3 N–H and O–H groups in total. The van der Waals surface area contributed by atoms with E-state index in [1.165, 1.54) is 6.33 Å². The Balaban J connectivity index is 1.36. The zero-order chi connectivity index (χ0) is 17.3. The second kappa shape index (κ2) is 8.39. The molecule has 0 spiro atoms. The Morgan fingerprint density at radius 3 is 2.80 bits per heavy atom. The summed E-state index contributed by atoms with van der Waals surface area (Å²) in [7, 11) is 0. The molecule has 0 saturated heterocycles. The van der Waals surface area contributed by atoms with E-state index < -0.39 is 0 Å². The average Bonchev–Trinajstić information content (AvgIpc) is 3.18. The first-order valence-corrected chi connectivity index (χ1v) is 7.82. The summed E-state index contributed by atoms with van der Waals surface area (Å²) < 4.78 is 1.54. The van der Waals surface area contributed by atoms with Crippen molar-refractivity contribution in [3.8, 4) is 5.82 Å². The number of amides is 2. The van der Waals surface area contributed by atoms with Crippen molar-refractivity contribution in [2.24, 2.45) is 0 Å². The van der Waals surface area contributed by atoms with Crippen LogP contribution in [0.2, 0.25) is 0 Å². The minimum Gasteiger partial charge on any atom is -0.370 e. The third kappa shape index (κ3) is 4.99. The van der Waals surface area contributed by atoms with Crippen molar-refractivity contribution in [2.45, 2.75) is 6.42 Å². The fraction of sp³-hybridized carbons (Fsp3) is 0.188. The van der Waals surface area contributed by atoms with Crippen LogP contribution in [0.3, 0.4) is 0 Å². The van der Waals surface area contributed by atoms with Gasteiger partial charge in [0.15, 0.2) is 5.82 Å². The van der Waals surface area contributed by atoms with Gasteiger partial charge in [-0.05, 0) is 30.7 Å². The van der Waals surface area contributed by atoms with E-state index in [1.807, 2.05) is 18.2 Å². The number of nitrogens with one attached hydrogen (secondary N) is 3. The molecule has 25 heavy (non-hydrogen) atoms. The highest BCUT2D eigenvalue weighted by molar-refractivity contribution is 5.89. The monoisotopic (exact) mass is 338 g/mol. The van der Waals surface area contributed by atoms with E-state index in [-0.39, 0.29) is 6.03 Å². The lowest BCUT2D eigenvalue weighted by Gasteiger charge is -2.08. The van der Waals surface area contributed by atoms with Crippen molar-refractivity contribution < 1.29 is 4.79 Å². The van der Waals surface area contributed by atoms with Crippen LogP contribution in [0.1, 0.15) is 6.42 Å². The Bertz CT molecular complexity index is 774. The Kier molecular flexibility index (Phi) is 5.49. The lowest BCUT2D eigenvalue weighted by atomic mass is 10.4. The summed E-state index contributed by atoms with van der Waals surface area (Å²) in [6, 6.07) is 8.92. The molecule has 0 aliphatic heterocycles. The van der Waals surface area contributed by atoms with Crippen LogP contribution >= 0.6 is 0 Å². The first-order valence-electron chi connectivity index (χ1n) is 7.82. The van der Waals surface area contributed by atoms with Crippen molar-refractivity contribution >= 4 is 17.5 Å². The molecule has 9 heteroatoms. The van der Waals surface area contributed by atoms with Gasteiger partial charge in [-0.3, -0.25) is 0 Å². The fourth-order valence-electron chi connectivity index (χ4n) is 2.07. The Hall–Kier alpha value is -3.49. The molecule has 0 unspecified atom stereocenters. The SMILES string of the molecule is O=C(NCCCNc1ccccn1)Nc1ccc(-n2cncn2)nc1. The second-order valence-corrected chi connectivity index (χ2v) is 5.12. The minimum absolute atomic E-state index is 0.270. The lowest BCUT2D eigenvalue weighted by molar-refractivity contribution is 0.252. The second-order valence-electron chi connectivity index (χ2n) is 5.12. The molecule has 2 amide bonds. The van der Waals surface area contributed by atoms with Crippen LogP contribution in [0.25, 0.3) is 5.82 Å². The molecule has 0 aliphatic rings. The first-order chi connectivity index (χ1) is 12.3. The van der Waals surface area contributed by atoms with Crippen molar-refractivity contribution in [1.82, 2.24) is 30.0 Å². The smallest absolute Gasteiger partial charge is 0.319 e. The molecule has 0 bridgehead atoms. The Morgan fingerprint density at radius 2 is 2.08 bits per heavy atom. The van der Waals surface area contributed by atoms with Crippen LogP contribution < -0.4 is 16.0 Å². The normalized spacial score (nSPS) is 10.2. The van der Waals surface area contributed by atoms with E-state index in [0.29, 0.717) is 18.1 Å². The van der Waals surface area contributed by atoms with E-state index in [0.717, 1.165) is 18.8 Å². The van der Waals surface area contributed by atoms with E-state index in [2.05, 4.69) is 36.0 Å². The molecular formula is C16H18N8O. The maximum absolute atomic E-state index is 11.8. The highest BCUT2D eigenvalue weighted by Crippen LogP contribution is 2.08. The van der Waals surface area contributed by atoms with Gasteiger partial charge in [-0.15, -0.1) is 0 Å². The summed E-state index contributed by atoms with van der Waals surface area (Å²) in [5.74, 6) is 1.45. The van der Waals surface area contributed by atoms with Gasteiger partial charge in [-0.2, -0.15) is 5.10 Å². The molecule has 3 heterocycles. The number of hydrogen-bond acceptors (Lipinski definition) is 6. The van der Waals surface area contributed by atoms with E-state index in [9.17, 15) is 4.79 Å². The predicted octanol–water partition coefficient (Wildman–Crippen LogP) is 1.68. The summed E-state index contributed by atoms with van der Waals surface area (Å²) in [4.78, 5) is 24.1. The van der Waals surface area contributed by atoms with Gasteiger partial charge < -0.3 is 16.0 Å². The summed E-state index contributed by atoms with van der Waals surface area (Å²) in [5, 5.41) is 12.7. The van der Waals surface area contributed by atoms with Crippen molar-refractivity contribution in [2.75, 3.05) is 23.7 Å². The standard InChI is InChI=1S/C16H18N8O/c25-16(20-9-3-8-19-14-4-1-2-7-18-14)23-13-5-6-15(21-10-13)24-12-17-11-22-24/h1-2,4-7,10-12H,3,8-9H2,(H,18,19)(H2,20,23,25). The number of carbonyl (C=O) groups excluding carboxylic acids is 1. The molecular weight excluding hydrogens is 320 g/mol. The molecule has 0 aromatic carbocycles. The van der Waals surface area contributed by atoms with Crippen molar-refractivity contribution in [1.29, 1.82) is 0 Å². The van der Waals surface area contributed by atoms with Gasteiger partial charge in [-0.1, -0.05) is 6.07 Å². The molecule has 3 aromatic rings. The highest BCUT2D eigenvalue weighted by Gasteiger charge is 2.03. The molecule has 128 valence electrons. The number of hydrogen-bond donors (Lipinski definition) is 3. The number of aromatic nitrogens is 5. The molecule has 0 fully saturated rings. The van der Waals surface area contributed by atoms with Crippen molar-refractivity contribution in [3.63, 3.8) is 0 Å². The lowest BCUT2D eigenvalue weighted by Crippen LogP contribution is -2.30. The largest absolute Gasteiger partial charge is 0.370 e. The quantitative estimate of drug-likeness (QED) is 0.566. The highest BCUT2D eigenvalue weighted by atomic mass is 16.2. The van der Waals surface area contributed by atoms with Crippen LogP contribution in [0.4, 0.5) is 16.3 Å². The van der Waals surface area contributed by atoms with Gasteiger partial charge in [0.25, 0.3) is 0 Å². The van der Waals surface area contributed by atoms with Crippen LogP contribution in [0.5, 0.6) is 0 Å². The number of pyridine rings is 2. The summed E-state index contributed by atoms with van der Waals surface area (Å²) in [6.07, 6.45) is 7.08. The maximum atomic E-state index is 11.8. The maximum Gasteiger partial charge on any atom is 0.319 e.